The molecule has 1 N–H and O–H groups in total. The molecule has 0 spiro atoms. The Morgan fingerprint density at radius 1 is 1.03 bits per heavy atom. The van der Waals surface area contributed by atoms with E-state index in [2.05, 4.69) is 49.9 Å². The minimum absolute atomic E-state index is 0.195. The summed E-state index contributed by atoms with van der Waals surface area (Å²) in [5.41, 5.74) is 8.09. The lowest BCUT2D eigenvalue weighted by Crippen LogP contribution is -2.53. The Morgan fingerprint density at radius 2 is 1.71 bits per heavy atom. The van der Waals surface area contributed by atoms with Crippen molar-refractivity contribution in [2.24, 2.45) is 0 Å². The molecule has 2 aliphatic rings. The quantitative estimate of drug-likeness (QED) is 0.433. The summed E-state index contributed by atoms with van der Waals surface area (Å²) in [6.45, 7) is 6.99. The van der Waals surface area contributed by atoms with Gasteiger partial charge in [-0.15, -0.1) is 0 Å². The summed E-state index contributed by atoms with van der Waals surface area (Å²) in [5, 5.41) is 11.0. The first-order valence-electron chi connectivity index (χ1n) is 13.4. The molecule has 184 valence electrons. The third kappa shape index (κ3) is 5.42. The highest BCUT2D eigenvalue weighted by Gasteiger charge is 2.37. The summed E-state index contributed by atoms with van der Waals surface area (Å²) in [6.07, 6.45) is 13.3. The number of piperidine rings is 1. The van der Waals surface area contributed by atoms with Crippen LogP contribution in [0.5, 0.6) is 0 Å². The van der Waals surface area contributed by atoms with Crippen LogP contribution in [-0.2, 0) is 12.8 Å². The Hall–Kier alpha value is -1.68. The standard InChI is InChI=1S/C30H41ClN2O/c1-4-6-10-26-18-24(19-27(11-7-5-2)33(26)21(3)20-34)29-28-15-14-25(31)17-23(28)13-12-22-9-8-16-32-30(22)29/h8-9,14-17,21,26-27,34H,4-7,10-13,18-20H2,1-3H3/t21-,26?,27?/m1/s1. The number of hydrogen-bond acceptors (Lipinski definition) is 3. The first kappa shape index (κ1) is 25.4. The molecule has 2 unspecified atom stereocenters. The Bertz CT molecular complexity index is 981. The fourth-order valence-electron chi connectivity index (χ4n) is 6.19. The van der Waals surface area contributed by atoms with Crippen LogP contribution in [0.1, 0.15) is 94.5 Å². The SMILES string of the molecule is CCCCC1CC(=C2c3ccc(Cl)cc3CCc3cccnc32)CC(CCCC)N1[C@H](C)CO. The van der Waals surface area contributed by atoms with E-state index >= 15 is 0 Å². The van der Waals surface area contributed by atoms with Gasteiger partial charge in [0.2, 0.25) is 0 Å². The van der Waals surface area contributed by atoms with Crippen molar-refractivity contribution < 1.29 is 5.11 Å². The molecule has 0 radical (unpaired) electrons. The highest BCUT2D eigenvalue weighted by molar-refractivity contribution is 6.30. The lowest BCUT2D eigenvalue weighted by Gasteiger charge is -2.47. The van der Waals surface area contributed by atoms with E-state index in [1.807, 2.05) is 12.3 Å². The maximum Gasteiger partial charge on any atom is 0.0739 e. The Balaban J connectivity index is 1.87. The van der Waals surface area contributed by atoms with Gasteiger partial charge >= 0.3 is 0 Å². The molecule has 1 aliphatic carbocycles. The normalized spacial score (nSPS) is 21.7. The van der Waals surface area contributed by atoms with Crippen LogP contribution < -0.4 is 0 Å². The number of pyridine rings is 1. The minimum atomic E-state index is 0.195. The summed E-state index contributed by atoms with van der Waals surface area (Å²) in [5.74, 6) is 0. The molecule has 34 heavy (non-hydrogen) atoms. The highest BCUT2D eigenvalue weighted by Crippen LogP contribution is 2.42. The zero-order valence-electron chi connectivity index (χ0n) is 21.2. The van der Waals surface area contributed by atoms with E-state index in [0.29, 0.717) is 12.1 Å². The molecule has 4 heteroatoms. The maximum absolute atomic E-state index is 10.1. The number of halogens is 1. The summed E-state index contributed by atoms with van der Waals surface area (Å²) in [6, 6.07) is 11.9. The maximum atomic E-state index is 10.1. The number of aliphatic hydroxyl groups is 1. The molecule has 3 atom stereocenters. The highest BCUT2D eigenvalue weighted by atomic mass is 35.5. The molecule has 3 nitrogen and oxygen atoms in total. The molecule has 4 rings (SSSR count). The molecule has 2 aromatic rings. The number of rotatable bonds is 8. The fraction of sp³-hybridized carbons (Fsp3) is 0.567. The molecular weight excluding hydrogens is 440 g/mol. The van der Waals surface area contributed by atoms with E-state index in [9.17, 15) is 5.11 Å². The van der Waals surface area contributed by atoms with E-state index in [0.717, 1.165) is 30.7 Å². The number of likely N-dealkylation sites (tertiary alicyclic amines) is 1. The van der Waals surface area contributed by atoms with Crippen molar-refractivity contribution >= 4 is 17.2 Å². The van der Waals surface area contributed by atoms with E-state index in [4.69, 9.17) is 16.6 Å². The monoisotopic (exact) mass is 480 g/mol. The third-order valence-electron chi connectivity index (χ3n) is 7.84. The first-order valence-corrected chi connectivity index (χ1v) is 13.8. The van der Waals surface area contributed by atoms with Gasteiger partial charge in [-0.1, -0.05) is 68.8 Å². The van der Waals surface area contributed by atoms with Gasteiger partial charge in [-0.25, -0.2) is 0 Å². The molecule has 0 saturated carbocycles. The van der Waals surface area contributed by atoms with E-state index in [1.54, 1.807) is 5.57 Å². The zero-order chi connectivity index (χ0) is 24.1. The number of aromatic nitrogens is 1. The van der Waals surface area contributed by atoms with Crippen LogP contribution in [0.15, 0.2) is 42.1 Å². The Morgan fingerprint density at radius 3 is 2.35 bits per heavy atom. The number of fused-ring (bicyclic) bond motifs is 2. The second kappa shape index (κ2) is 11.8. The van der Waals surface area contributed by atoms with E-state index in [-0.39, 0.29) is 12.6 Å². The van der Waals surface area contributed by atoms with Crippen LogP contribution in [0.3, 0.4) is 0 Å². The molecular formula is C30H41ClN2O. The third-order valence-corrected chi connectivity index (χ3v) is 8.08. The van der Waals surface area contributed by atoms with Crippen LogP contribution >= 0.6 is 11.6 Å². The molecule has 1 aromatic carbocycles. The van der Waals surface area contributed by atoms with Crippen molar-refractivity contribution in [2.45, 2.75) is 103 Å². The summed E-state index contributed by atoms with van der Waals surface area (Å²) >= 11 is 6.44. The van der Waals surface area contributed by atoms with Crippen molar-refractivity contribution in [3.63, 3.8) is 0 Å². The molecule has 1 aromatic heterocycles. The molecule has 0 bridgehead atoms. The van der Waals surface area contributed by atoms with Gasteiger partial charge in [-0.2, -0.15) is 0 Å². The van der Waals surface area contributed by atoms with E-state index < -0.39 is 0 Å². The number of nitrogens with zero attached hydrogens (tertiary/aromatic N) is 2. The van der Waals surface area contributed by atoms with Crippen molar-refractivity contribution in [3.8, 4) is 0 Å². The lowest BCUT2D eigenvalue weighted by molar-refractivity contribution is 0.0262. The summed E-state index contributed by atoms with van der Waals surface area (Å²) < 4.78 is 0. The summed E-state index contributed by atoms with van der Waals surface area (Å²) in [4.78, 5) is 7.63. The minimum Gasteiger partial charge on any atom is -0.395 e. The number of aliphatic hydroxyl groups excluding tert-OH is 1. The number of benzene rings is 1. The largest absolute Gasteiger partial charge is 0.395 e. The number of unbranched alkanes of at least 4 members (excludes halogenated alkanes) is 2. The van der Waals surface area contributed by atoms with Gasteiger partial charge in [0.15, 0.2) is 0 Å². The predicted octanol–water partition coefficient (Wildman–Crippen LogP) is 7.23. The Labute approximate surface area is 211 Å². The molecule has 2 heterocycles. The van der Waals surface area contributed by atoms with Gasteiger partial charge in [0.25, 0.3) is 0 Å². The van der Waals surface area contributed by atoms with Crippen LogP contribution in [-0.4, -0.2) is 39.7 Å². The number of hydrogen-bond donors (Lipinski definition) is 1. The number of aryl methyl sites for hydroxylation is 2. The van der Waals surface area contributed by atoms with Crippen LogP contribution in [0, 0.1) is 0 Å². The second-order valence-electron chi connectivity index (χ2n) is 10.3. The van der Waals surface area contributed by atoms with Gasteiger partial charge in [0.05, 0.1) is 12.3 Å². The van der Waals surface area contributed by atoms with Crippen molar-refractivity contribution in [1.82, 2.24) is 9.88 Å². The smallest absolute Gasteiger partial charge is 0.0739 e. The predicted molar refractivity (Wildman–Crippen MR) is 143 cm³/mol. The van der Waals surface area contributed by atoms with Gasteiger partial charge in [0.1, 0.15) is 0 Å². The topological polar surface area (TPSA) is 36.4 Å². The summed E-state index contributed by atoms with van der Waals surface area (Å²) in [7, 11) is 0. The fourth-order valence-corrected chi connectivity index (χ4v) is 6.39. The van der Waals surface area contributed by atoms with Crippen molar-refractivity contribution in [2.75, 3.05) is 6.61 Å². The van der Waals surface area contributed by atoms with Gasteiger partial charge in [0, 0.05) is 34.9 Å². The van der Waals surface area contributed by atoms with Crippen LogP contribution in [0.2, 0.25) is 5.02 Å². The molecule has 1 saturated heterocycles. The average molecular weight is 481 g/mol. The average Bonchev–Trinajstić information content (AvgIpc) is 3.02. The molecule has 1 aliphatic heterocycles. The second-order valence-corrected chi connectivity index (χ2v) is 10.7. The van der Waals surface area contributed by atoms with Crippen molar-refractivity contribution in [3.05, 3.63) is 69.5 Å². The van der Waals surface area contributed by atoms with Crippen LogP contribution in [0.4, 0.5) is 0 Å². The van der Waals surface area contributed by atoms with Gasteiger partial charge in [-0.05, 0) is 80.3 Å². The first-order chi connectivity index (χ1) is 16.6. The molecule has 1 fully saturated rings. The molecule has 0 amide bonds. The van der Waals surface area contributed by atoms with Gasteiger partial charge in [-0.3, -0.25) is 9.88 Å². The zero-order valence-corrected chi connectivity index (χ0v) is 21.9. The Kier molecular flexibility index (Phi) is 8.85. The van der Waals surface area contributed by atoms with Gasteiger partial charge < -0.3 is 5.11 Å². The van der Waals surface area contributed by atoms with Crippen LogP contribution in [0.25, 0.3) is 5.57 Å². The van der Waals surface area contributed by atoms with Crippen molar-refractivity contribution in [1.29, 1.82) is 0 Å². The van der Waals surface area contributed by atoms with E-state index in [1.165, 1.54) is 66.5 Å². The lowest BCUT2D eigenvalue weighted by atomic mass is 9.80.